The molecule has 0 bridgehead atoms. The number of rotatable bonds is 4. The third-order valence-electron chi connectivity index (χ3n) is 4.14. The first kappa shape index (κ1) is 15.4. The maximum atomic E-state index is 12.5. The molecular formula is C16H22F3N. The van der Waals surface area contributed by atoms with Crippen molar-refractivity contribution in [2.45, 2.75) is 57.2 Å². The second kappa shape index (κ2) is 6.61. The monoisotopic (exact) mass is 285 g/mol. The van der Waals surface area contributed by atoms with Gasteiger partial charge in [-0.1, -0.05) is 44.2 Å². The fourth-order valence-electron chi connectivity index (χ4n) is 3.07. The van der Waals surface area contributed by atoms with Crippen molar-refractivity contribution >= 4 is 0 Å². The van der Waals surface area contributed by atoms with Crippen molar-refractivity contribution < 1.29 is 13.2 Å². The lowest BCUT2D eigenvalue weighted by molar-refractivity contribution is -0.137. The molecule has 4 heteroatoms. The molecule has 112 valence electrons. The van der Waals surface area contributed by atoms with E-state index in [1.807, 2.05) is 0 Å². The molecule has 0 amide bonds. The van der Waals surface area contributed by atoms with Gasteiger partial charge in [0.05, 0.1) is 5.56 Å². The molecule has 20 heavy (non-hydrogen) atoms. The number of benzene rings is 1. The summed E-state index contributed by atoms with van der Waals surface area (Å²) >= 11 is 0. The highest BCUT2D eigenvalue weighted by Crippen LogP contribution is 2.30. The lowest BCUT2D eigenvalue weighted by Crippen LogP contribution is -2.27. The molecule has 0 radical (unpaired) electrons. The average molecular weight is 285 g/mol. The lowest BCUT2D eigenvalue weighted by Gasteiger charge is -2.24. The van der Waals surface area contributed by atoms with Gasteiger partial charge < -0.3 is 5.73 Å². The molecule has 0 saturated heterocycles. The van der Waals surface area contributed by atoms with Crippen LogP contribution in [-0.4, -0.2) is 6.04 Å². The van der Waals surface area contributed by atoms with Crippen LogP contribution in [0.5, 0.6) is 0 Å². The first-order valence-corrected chi connectivity index (χ1v) is 7.37. The van der Waals surface area contributed by atoms with E-state index < -0.39 is 11.7 Å². The van der Waals surface area contributed by atoms with Crippen LogP contribution in [0.1, 0.15) is 49.7 Å². The minimum absolute atomic E-state index is 0.0508. The van der Waals surface area contributed by atoms with Gasteiger partial charge in [0.1, 0.15) is 0 Å². The van der Waals surface area contributed by atoms with Gasteiger partial charge in [0.15, 0.2) is 0 Å². The fourth-order valence-corrected chi connectivity index (χ4v) is 3.07. The molecule has 2 rings (SSSR count). The van der Waals surface area contributed by atoms with Gasteiger partial charge in [0, 0.05) is 6.04 Å². The van der Waals surface area contributed by atoms with Gasteiger partial charge in [-0.05, 0) is 36.5 Å². The maximum Gasteiger partial charge on any atom is 0.416 e. The first-order valence-electron chi connectivity index (χ1n) is 7.37. The summed E-state index contributed by atoms with van der Waals surface area (Å²) in [7, 11) is 0. The molecule has 0 heterocycles. The third kappa shape index (κ3) is 4.51. The van der Waals surface area contributed by atoms with E-state index in [1.54, 1.807) is 12.1 Å². The van der Waals surface area contributed by atoms with Crippen LogP contribution in [0.2, 0.25) is 0 Å². The van der Waals surface area contributed by atoms with Crippen LogP contribution in [0.25, 0.3) is 0 Å². The Morgan fingerprint density at radius 1 is 1.05 bits per heavy atom. The Bertz CT molecular complexity index is 405. The van der Waals surface area contributed by atoms with Crippen LogP contribution in [0.15, 0.2) is 24.3 Å². The SMILES string of the molecule is NC(Cc1ccc(C(F)(F)F)cc1)CC1CCCCC1. The fraction of sp³-hybridized carbons (Fsp3) is 0.625. The van der Waals surface area contributed by atoms with Crippen molar-refractivity contribution in [3.63, 3.8) is 0 Å². The molecule has 1 unspecified atom stereocenters. The molecule has 1 nitrogen and oxygen atoms in total. The van der Waals surface area contributed by atoms with Crippen molar-refractivity contribution in [3.8, 4) is 0 Å². The summed E-state index contributed by atoms with van der Waals surface area (Å²) in [5.41, 5.74) is 6.43. The predicted octanol–water partition coefficient (Wildman–Crippen LogP) is 4.55. The third-order valence-corrected chi connectivity index (χ3v) is 4.14. The van der Waals surface area contributed by atoms with E-state index in [0.29, 0.717) is 12.3 Å². The van der Waals surface area contributed by atoms with E-state index >= 15 is 0 Å². The Morgan fingerprint density at radius 3 is 2.20 bits per heavy atom. The van der Waals surface area contributed by atoms with Gasteiger partial charge in [-0.3, -0.25) is 0 Å². The van der Waals surface area contributed by atoms with Crippen LogP contribution in [0.3, 0.4) is 0 Å². The highest BCUT2D eigenvalue weighted by atomic mass is 19.4. The minimum atomic E-state index is -4.26. The Hall–Kier alpha value is -1.03. The van der Waals surface area contributed by atoms with Crippen LogP contribution < -0.4 is 5.73 Å². The summed E-state index contributed by atoms with van der Waals surface area (Å²) in [6.45, 7) is 0. The summed E-state index contributed by atoms with van der Waals surface area (Å²) in [4.78, 5) is 0. The van der Waals surface area contributed by atoms with Crippen LogP contribution >= 0.6 is 0 Å². The number of hydrogen-bond donors (Lipinski definition) is 1. The molecule has 1 aromatic rings. The Balaban J connectivity index is 1.86. The molecule has 1 fully saturated rings. The Morgan fingerprint density at radius 2 is 1.65 bits per heavy atom. The van der Waals surface area contributed by atoms with E-state index in [1.165, 1.54) is 32.1 Å². The van der Waals surface area contributed by atoms with Gasteiger partial charge in [0.2, 0.25) is 0 Å². The number of nitrogens with two attached hydrogens (primary N) is 1. The van der Waals surface area contributed by atoms with Crippen LogP contribution in [0.4, 0.5) is 13.2 Å². The summed E-state index contributed by atoms with van der Waals surface area (Å²) in [5, 5.41) is 0. The van der Waals surface area contributed by atoms with Crippen LogP contribution in [0, 0.1) is 5.92 Å². The Labute approximate surface area is 118 Å². The molecule has 0 aromatic heterocycles. The lowest BCUT2D eigenvalue weighted by atomic mass is 9.84. The van der Waals surface area contributed by atoms with E-state index in [9.17, 15) is 13.2 Å². The zero-order valence-corrected chi connectivity index (χ0v) is 11.6. The molecular weight excluding hydrogens is 263 g/mol. The molecule has 0 spiro atoms. The molecule has 0 aliphatic heterocycles. The zero-order chi connectivity index (χ0) is 14.6. The summed E-state index contributed by atoms with van der Waals surface area (Å²) in [6, 6.07) is 5.42. The quantitative estimate of drug-likeness (QED) is 0.863. The van der Waals surface area contributed by atoms with Gasteiger partial charge in [-0.15, -0.1) is 0 Å². The van der Waals surface area contributed by atoms with Crippen LogP contribution in [-0.2, 0) is 12.6 Å². The van der Waals surface area contributed by atoms with Gasteiger partial charge in [-0.2, -0.15) is 13.2 Å². The minimum Gasteiger partial charge on any atom is -0.327 e. The Kier molecular flexibility index (Phi) is 5.08. The molecule has 1 aliphatic carbocycles. The molecule has 1 aliphatic rings. The molecule has 1 atom stereocenters. The van der Waals surface area contributed by atoms with Crippen molar-refractivity contribution in [3.05, 3.63) is 35.4 Å². The van der Waals surface area contributed by atoms with Crippen molar-refractivity contribution in [2.75, 3.05) is 0 Å². The van der Waals surface area contributed by atoms with E-state index in [2.05, 4.69) is 0 Å². The van der Waals surface area contributed by atoms with Gasteiger partial charge >= 0.3 is 6.18 Å². The first-order chi connectivity index (χ1) is 9.45. The summed E-state index contributed by atoms with van der Waals surface area (Å²) < 4.78 is 37.4. The largest absolute Gasteiger partial charge is 0.416 e. The zero-order valence-electron chi connectivity index (χ0n) is 11.6. The highest BCUT2D eigenvalue weighted by molar-refractivity contribution is 5.25. The molecule has 1 aromatic carbocycles. The summed E-state index contributed by atoms with van der Waals surface area (Å²) in [6.07, 6.45) is 3.79. The summed E-state index contributed by atoms with van der Waals surface area (Å²) in [5.74, 6) is 0.702. The highest BCUT2D eigenvalue weighted by Gasteiger charge is 2.30. The van der Waals surface area contributed by atoms with Crippen molar-refractivity contribution in [1.29, 1.82) is 0 Å². The normalized spacial score (nSPS) is 19.0. The average Bonchev–Trinajstić information content (AvgIpc) is 2.39. The molecule has 2 N–H and O–H groups in total. The number of alkyl halides is 3. The van der Waals surface area contributed by atoms with Crippen molar-refractivity contribution in [2.24, 2.45) is 11.7 Å². The second-order valence-electron chi connectivity index (χ2n) is 5.90. The second-order valence-corrected chi connectivity index (χ2v) is 5.90. The van der Waals surface area contributed by atoms with E-state index in [-0.39, 0.29) is 6.04 Å². The number of hydrogen-bond acceptors (Lipinski definition) is 1. The predicted molar refractivity (Wildman–Crippen MR) is 74.3 cm³/mol. The van der Waals surface area contributed by atoms with E-state index in [4.69, 9.17) is 5.73 Å². The number of halogens is 3. The van der Waals surface area contributed by atoms with Gasteiger partial charge in [-0.25, -0.2) is 0 Å². The molecule has 1 saturated carbocycles. The van der Waals surface area contributed by atoms with Crippen molar-refractivity contribution in [1.82, 2.24) is 0 Å². The smallest absolute Gasteiger partial charge is 0.327 e. The standard InChI is InChI=1S/C16H22F3N/c17-16(18,19)14-8-6-13(7-9-14)11-15(20)10-12-4-2-1-3-5-12/h6-9,12,15H,1-5,10-11,20H2. The van der Waals surface area contributed by atoms with Gasteiger partial charge in [0.25, 0.3) is 0 Å². The maximum absolute atomic E-state index is 12.5. The topological polar surface area (TPSA) is 26.0 Å². The van der Waals surface area contributed by atoms with E-state index in [0.717, 1.165) is 24.1 Å².